The number of hydrogen-bond donors (Lipinski definition) is 2. The van der Waals surface area contributed by atoms with Gasteiger partial charge in [0.25, 0.3) is 0 Å². The summed E-state index contributed by atoms with van der Waals surface area (Å²) in [6, 6.07) is 14.2. The molecule has 0 bridgehead atoms. The molecule has 0 saturated heterocycles. The standard InChI is InChI=1S/C21H18BrFN4O/c1-13-17(18-10-16(23)5-6-19(18)25-13)11-21(28)26-20-7-8-24-27(20)12-14-3-2-4-15(22)9-14/h2-10,25H,11-12H2,1H3,(H,26,28). The Morgan fingerprint density at radius 2 is 2.11 bits per heavy atom. The monoisotopic (exact) mass is 440 g/mol. The number of nitrogens with one attached hydrogen (secondary N) is 2. The molecule has 4 rings (SSSR count). The molecule has 0 fully saturated rings. The number of carbonyl (C=O) groups excluding carboxylic acids is 1. The molecule has 7 heteroatoms. The van der Waals surface area contributed by atoms with Gasteiger partial charge in [-0.05, 0) is 48.4 Å². The molecule has 2 N–H and O–H groups in total. The number of carbonyl (C=O) groups is 1. The summed E-state index contributed by atoms with van der Waals surface area (Å²) in [7, 11) is 0. The summed E-state index contributed by atoms with van der Waals surface area (Å²) in [4.78, 5) is 15.8. The minimum Gasteiger partial charge on any atom is -0.358 e. The fourth-order valence-corrected chi connectivity index (χ4v) is 3.75. The van der Waals surface area contributed by atoms with Gasteiger partial charge in [-0.1, -0.05) is 28.1 Å². The maximum atomic E-state index is 13.6. The van der Waals surface area contributed by atoms with Gasteiger partial charge in [0.1, 0.15) is 11.6 Å². The number of anilines is 1. The van der Waals surface area contributed by atoms with E-state index in [-0.39, 0.29) is 18.1 Å². The molecule has 5 nitrogen and oxygen atoms in total. The van der Waals surface area contributed by atoms with Crippen LogP contribution in [0.3, 0.4) is 0 Å². The SMILES string of the molecule is Cc1[nH]c2ccc(F)cc2c1CC(=O)Nc1ccnn1Cc1cccc(Br)c1. The number of nitrogens with zero attached hydrogens (tertiary/aromatic N) is 2. The Hall–Kier alpha value is -2.93. The molecule has 2 aromatic heterocycles. The Labute approximate surface area is 169 Å². The molecular weight excluding hydrogens is 423 g/mol. The van der Waals surface area contributed by atoms with Crippen LogP contribution in [0.1, 0.15) is 16.8 Å². The second-order valence-electron chi connectivity index (χ2n) is 6.65. The van der Waals surface area contributed by atoms with Gasteiger partial charge in [0.2, 0.25) is 5.91 Å². The predicted octanol–water partition coefficient (Wildman–Crippen LogP) is 4.80. The summed E-state index contributed by atoms with van der Waals surface area (Å²) >= 11 is 3.46. The molecule has 0 atom stereocenters. The molecule has 2 heterocycles. The summed E-state index contributed by atoms with van der Waals surface area (Å²) in [5.41, 5.74) is 3.54. The van der Waals surface area contributed by atoms with E-state index < -0.39 is 0 Å². The summed E-state index contributed by atoms with van der Waals surface area (Å²) < 4.78 is 16.4. The molecular formula is C21H18BrFN4O. The average Bonchev–Trinajstić information content (AvgIpc) is 3.20. The van der Waals surface area contributed by atoms with Gasteiger partial charge in [-0.25, -0.2) is 9.07 Å². The van der Waals surface area contributed by atoms with Crippen molar-refractivity contribution in [2.24, 2.45) is 0 Å². The molecule has 142 valence electrons. The number of aryl methyl sites for hydroxylation is 1. The third-order valence-electron chi connectivity index (χ3n) is 4.62. The van der Waals surface area contributed by atoms with Crippen molar-refractivity contribution in [3.63, 3.8) is 0 Å². The van der Waals surface area contributed by atoms with E-state index in [0.717, 1.165) is 32.2 Å². The smallest absolute Gasteiger partial charge is 0.230 e. The van der Waals surface area contributed by atoms with Crippen LogP contribution < -0.4 is 5.32 Å². The Kier molecular flexibility index (Phi) is 5.00. The number of H-pyrrole nitrogens is 1. The first-order valence-corrected chi connectivity index (χ1v) is 9.62. The van der Waals surface area contributed by atoms with E-state index in [1.54, 1.807) is 23.0 Å². The number of benzene rings is 2. The van der Waals surface area contributed by atoms with Gasteiger partial charge < -0.3 is 10.3 Å². The fourth-order valence-electron chi connectivity index (χ4n) is 3.30. The maximum absolute atomic E-state index is 13.6. The molecule has 0 unspecified atom stereocenters. The van der Waals surface area contributed by atoms with Gasteiger partial charge in [-0.3, -0.25) is 4.79 Å². The molecule has 1 amide bonds. The molecule has 0 aliphatic heterocycles. The summed E-state index contributed by atoms with van der Waals surface area (Å²) in [6.07, 6.45) is 1.80. The van der Waals surface area contributed by atoms with E-state index in [2.05, 4.69) is 31.3 Å². The van der Waals surface area contributed by atoms with Crippen LogP contribution in [0.4, 0.5) is 10.2 Å². The number of aromatic amines is 1. The van der Waals surface area contributed by atoms with Gasteiger partial charge >= 0.3 is 0 Å². The lowest BCUT2D eigenvalue weighted by atomic mass is 10.1. The van der Waals surface area contributed by atoms with E-state index in [0.29, 0.717) is 12.4 Å². The molecule has 0 saturated carbocycles. The molecule has 2 aromatic carbocycles. The number of aromatic nitrogens is 3. The summed E-state index contributed by atoms with van der Waals surface area (Å²) in [5, 5.41) is 7.95. The Morgan fingerprint density at radius 3 is 2.93 bits per heavy atom. The third kappa shape index (κ3) is 3.84. The quantitative estimate of drug-likeness (QED) is 0.467. The zero-order valence-electron chi connectivity index (χ0n) is 15.2. The zero-order valence-corrected chi connectivity index (χ0v) is 16.8. The highest BCUT2D eigenvalue weighted by molar-refractivity contribution is 9.10. The van der Waals surface area contributed by atoms with Crippen LogP contribution in [0.15, 0.2) is 59.2 Å². The van der Waals surface area contributed by atoms with Crippen molar-refractivity contribution in [3.8, 4) is 0 Å². The van der Waals surface area contributed by atoms with Gasteiger partial charge in [0, 0.05) is 27.1 Å². The van der Waals surface area contributed by atoms with Gasteiger partial charge in [0.15, 0.2) is 0 Å². The molecule has 28 heavy (non-hydrogen) atoms. The first kappa shape index (κ1) is 18.4. The third-order valence-corrected chi connectivity index (χ3v) is 5.12. The number of hydrogen-bond acceptors (Lipinski definition) is 2. The average molecular weight is 441 g/mol. The van der Waals surface area contributed by atoms with Crippen LogP contribution in [0.2, 0.25) is 0 Å². The zero-order chi connectivity index (χ0) is 19.7. The van der Waals surface area contributed by atoms with Crippen molar-refractivity contribution in [3.05, 3.63) is 81.8 Å². The highest BCUT2D eigenvalue weighted by Crippen LogP contribution is 2.24. The first-order chi connectivity index (χ1) is 13.5. The van der Waals surface area contributed by atoms with E-state index in [1.807, 2.05) is 31.2 Å². The molecule has 0 spiro atoms. The van der Waals surface area contributed by atoms with Crippen LogP contribution in [0, 0.1) is 12.7 Å². The first-order valence-electron chi connectivity index (χ1n) is 8.82. The van der Waals surface area contributed by atoms with Crippen molar-refractivity contribution in [1.82, 2.24) is 14.8 Å². The van der Waals surface area contributed by atoms with E-state index >= 15 is 0 Å². The van der Waals surface area contributed by atoms with Crippen LogP contribution in [0.5, 0.6) is 0 Å². The van der Waals surface area contributed by atoms with Gasteiger partial charge in [-0.15, -0.1) is 0 Å². The molecule has 4 aromatic rings. The highest BCUT2D eigenvalue weighted by Gasteiger charge is 2.15. The van der Waals surface area contributed by atoms with Crippen LogP contribution in [-0.2, 0) is 17.8 Å². The van der Waals surface area contributed by atoms with Gasteiger partial charge in [-0.2, -0.15) is 5.10 Å². The second kappa shape index (κ2) is 7.59. The lowest BCUT2D eigenvalue weighted by Gasteiger charge is -2.10. The minimum absolute atomic E-state index is 0.150. The number of amides is 1. The minimum atomic E-state index is -0.319. The molecule has 0 radical (unpaired) electrons. The Balaban J connectivity index is 1.52. The molecule has 0 aliphatic carbocycles. The van der Waals surface area contributed by atoms with E-state index in [1.165, 1.54) is 12.1 Å². The lowest BCUT2D eigenvalue weighted by Crippen LogP contribution is -2.18. The number of fused-ring (bicyclic) bond motifs is 1. The maximum Gasteiger partial charge on any atom is 0.230 e. The normalized spacial score (nSPS) is 11.1. The Bertz CT molecular complexity index is 1160. The topological polar surface area (TPSA) is 62.7 Å². The summed E-state index contributed by atoms with van der Waals surface area (Å²) in [5.74, 6) is 0.123. The van der Waals surface area contributed by atoms with Crippen molar-refractivity contribution in [2.45, 2.75) is 19.9 Å². The lowest BCUT2D eigenvalue weighted by molar-refractivity contribution is -0.115. The second-order valence-corrected chi connectivity index (χ2v) is 7.56. The van der Waals surface area contributed by atoms with Crippen molar-refractivity contribution >= 4 is 38.6 Å². The van der Waals surface area contributed by atoms with E-state index in [4.69, 9.17) is 0 Å². The predicted molar refractivity (Wildman–Crippen MR) is 111 cm³/mol. The van der Waals surface area contributed by atoms with Crippen LogP contribution in [-0.4, -0.2) is 20.7 Å². The molecule has 0 aliphatic rings. The van der Waals surface area contributed by atoms with E-state index in [9.17, 15) is 9.18 Å². The van der Waals surface area contributed by atoms with Crippen LogP contribution in [0.25, 0.3) is 10.9 Å². The number of rotatable bonds is 5. The van der Waals surface area contributed by atoms with Crippen LogP contribution >= 0.6 is 15.9 Å². The number of halogens is 2. The highest BCUT2D eigenvalue weighted by atomic mass is 79.9. The fraction of sp³-hybridized carbons (Fsp3) is 0.143. The largest absolute Gasteiger partial charge is 0.358 e. The van der Waals surface area contributed by atoms with Crippen molar-refractivity contribution in [1.29, 1.82) is 0 Å². The van der Waals surface area contributed by atoms with Gasteiger partial charge in [0.05, 0.1) is 19.2 Å². The van der Waals surface area contributed by atoms with Crippen molar-refractivity contribution < 1.29 is 9.18 Å². The Morgan fingerprint density at radius 1 is 1.25 bits per heavy atom. The van der Waals surface area contributed by atoms with Crippen molar-refractivity contribution in [2.75, 3.05) is 5.32 Å². The summed E-state index contributed by atoms with van der Waals surface area (Å²) in [6.45, 7) is 2.43.